The Morgan fingerprint density at radius 1 is 1.44 bits per heavy atom. The molecule has 0 saturated heterocycles. The van der Waals surface area contributed by atoms with E-state index in [2.05, 4.69) is 10.2 Å². The van der Waals surface area contributed by atoms with Gasteiger partial charge in [0, 0.05) is 19.2 Å². The minimum atomic E-state index is -0.916. The molecular formula is C11H16ClN5O. The van der Waals surface area contributed by atoms with Crippen LogP contribution in [0.25, 0.3) is 0 Å². The van der Waals surface area contributed by atoms with Crippen LogP contribution in [0, 0.1) is 0 Å². The lowest BCUT2D eigenvalue weighted by atomic mass is 10.1. The molecule has 0 radical (unpaired) electrons. The monoisotopic (exact) mass is 269 g/mol. The van der Waals surface area contributed by atoms with Crippen LogP contribution in [-0.4, -0.2) is 24.7 Å². The van der Waals surface area contributed by atoms with Crippen LogP contribution < -0.4 is 5.73 Å². The fourth-order valence-electron chi connectivity index (χ4n) is 1.86. The van der Waals surface area contributed by atoms with Crippen molar-refractivity contribution in [2.24, 2.45) is 7.05 Å². The van der Waals surface area contributed by atoms with Gasteiger partial charge < -0.3 is 10.8 Å². The van der Waals surface area contributed by atoms with Gasteiger partial charge in [0.15, 0.2) is 0 Å². The number of nitrogens with two attached hydrogens (primary N) is 1. The molecule has 18 heavy (non-hydrogen) atoms. The number of rotatable bonds is 4. The zero-order chi connectivity index (χ0) is 13.3. The van der Waals surface area contributed by atoms with Crippen molar-refractivity contribution in [3.63, 3.8) is 0 Å². The highest BCUT2D eigenvalue weighted by Gasteiger charge is 2.23. The summed E-state index contributed by atoms with van der Waals surface area (Å²) in [5.41, 5.74) is 6.94. The molecule has 1 atom stereocenters. The van der Waals surface area contributed by atoms with Crippen molar-refractivity contribution >= 4 is 17.4 Å². The van der Waals surface area contributed by atoms with Crippen LogP contribution in [0.2, 0.25) is 5.02 Å². The SMILES string of the molecule is CCCn1ncc(Cl)c1C(O)c1cnn(C)c1N. The molecule has 0 aromatic carbocycles. The summed E-state index contributed by atoms with van der Waals surface area (Å²) in [7, 11) is 1.72. The summed E-state index contributed by atoms with van der Waals surface area (Å²) < 4.78 is 3.20. The lowest BCUT2D eigenvalue weighted by molar-refractivity contribution is 0.208. The third kappa shape index (κ3) is 2.09. The number of halogens is 1. The number of aliphatic hydroxyl groups is 1. The summed E-state index contributed by atoms with van der Waals surface area (Å²) in [6, 6.07) is 0. The molecule has 2 aromatic rings. The Morgan fingerprint density at radius 2 is 2.17 bits per heavy atom. The molecule has 2 heterocycles. The van der Waals surface area contributed by atoms with E-state index >= 15 is 0 Å². The molecule has 0 spiro atoms. The molecule has 0 aliphatic rings. The maximum Gasteiger partial charge on any atom is 0.127 e. The van der Waals surface area contributed by atoms with Crippen LogP contribution in [0.3, 0.4) is 0 Å². The van der Waals surface area contributed by atoms with Gasteiger partial charge in [0.25, 0.3) is 0 Å². The number of nitrogens with zero attached hydrogens (tertiary/aromatic N) is 4. The number of hydrogen-bond acceptors (Lipinski definition) is 4. The van der Waals surface area contributed by atoms with Crippen molar-refractivity contribution in [3.8, 4) is 0 Å². The lowest BCUT2D eigenvalue weighted by Gasteiger charge is -2.13. The average molecular weight is 270 g/mol. The summed E-state index contributed by atoms with van der Waals surface area (Å²) in [5.74, 6) is 0.419. The van der Waals surface area contributed by atoms with Gasteiger partial charge >= 0.3 is 0 Å². The van der Waals surface area contributed by atoms with Gasteiger partial charge in [0.2, 0.25) is 0 Å². The molecule has 0 bridgehead atoms. The van der Waals surface area contributed by atoms with Crippen molar-refractivity contribution in [2.45, 2.75) is 26.0 Å². The summed E-state index contributed by atoms with van der Waals surface area (Å²) >= 11 is 6.07. The first kappa shape index (κ1) is 12.9. The van der Waals surface area contributed by atoms with E-state index in [1.165, 1.54) is 10.9 Å². The quantitative estimate of drug-likeness (QED) is 0.878. The summed E-state index contributed by atoms with van der Waals surface area (Å²) in [6.07, 6.45) is 3.06. The van der Waals surface area contributed by atoms with Crippen LogP contribution in [0.4, 0.5) is 5.82 Å². The highest BCUT2D eigenvalue weighted by Crippen LogP contribution is 2.30. The van der Waals surface area contributed by atoms with Crippen molar-refractivity contribution in [3.05, 3.63) is 28.7 Å². The number of anilines is 1. The fourth-order valence-corrected chi connectivity index (χ4v) is 2.10. The Morgan fingerprint density at radius 3 is 2.72 bits per heavy atom. The van der Waals surface area contributed by atoms with E-state index in [0.717, 1.165) is 6.42 Å². The molecule has 0 amide bonds. The maximum atomic E-state index is 10.4. The van der Waals surface area contributed by atoms with Gasteiger partial charge in [-0.05, 0) is 6.42 Å². The average Bonchev–Trinajstić information content (AvgIpc) is 2.85. The second kappa shape index (κ2) is 4.99. The second-order valence-corrected chi connectivity index (χ2v) is 4.52. The van der Waals surface area contributed by atoms with Gasteiger partial charge in [0.05, 0.1) is 23.1 Å². The van der Waals surface area contributed by atoms with Crippen LogP contribution in [0.15, 0.2) is 12.4 Å². The Hall–Kier alpha value is -1.53. The van der Waals surface area contributed by atoms with E-state index in [9.17, 15) is 5.11 Å². The number of nitrogen functional groups attached to an aromatic ring is 1. The fraction of sp³-hybridized carbons (Fsp3) is 0.455. The summed E-state index contributed by atoms with van der Waals surface area (Å²) in [4.78, 5) is 0. The molecule has 0 aliphatic carbocycles. The van der Waals surface area contributed by atoms with Crippen molar-refractivity contribution in [1.82, 2.24) is 19.6 Å². The molecule has 0 aliphatic heterocycles. The van der Waals surface area contributed by atoms with Crippen LogP contribution in [0.5, 0.6) is 0 Å². The maximum absolute atomic E-state index is 10.4. The molecule has 0 fully saturated rings. The predicted molar refractivity (Wildman–Crippen MR) is 69.2 cm³/mol. The molecule has 98 valence electrons. The minimum Gasteiger partial charge on any atom is -0.384 e. The Balaban J connectivity index is 2.42. The largest absolute Gasteiger partial charge is 0.384 e. The van der Waals surface area contributed by atoms with Crippen LogP contribution >= 0.6 is 11.6 Å². The van der Waals surface area contributed by atoms with Gasteiger partial charge in [0.1, 0.15) is 11.9 Å². The molecule has 0 saturated carbocycles. The zero-order valence-corrected chi connectivity index (χ0v) is 11.1. The van der Waals surface area contributed by atoms with Crippen molar-refractivity contribution < 1.29 is 5.11 Å². The van der Waals surface area contributed by atoms with Gasteiger partial charge in [-0.2, -0.15) is 10.2 Å². The van der Waals surface area contributed by atoms with Gasteiger partial charge in [-0.25, -0.2) is 0 Å². The number of aliphatic hydroxyl groups excluding tert-OH is 1. The first-order valence-electron chi connectivity index (χ1n) is 5.72. The smallest absolute Gasteiger partial charge is 0.127 e. The van der Waals surface area contributed by atoms with Crippen LogP contribution in [-0.2, 0) is 13.6 Å². The van der Waals surface area contributed by atoms with E-state index in [-0.39, 0.29) is 0 Å². The zero-order valence-electron chi connectivity index (χ0n) is 10.3. The third-order valence-electron chi connectivity index (χ3n) is 2.84. The Kier molecular flexibility index (Phi) is 3.58. The van der Waals surface area contributed by atoms with E-state index in [1.807, 2.05) is 6.92 Å². The van der Waals surface area contributed by atoms with Gasteiger partial charge in [-0.15, -0.1) is 0 Å². The molecule has 1 unspecified atom stereocenters. The van der Waals surface area contributed by atoms with Gasteiger partial charge in [-0.3, -0.25) is 9.36 Å². The number of hydrogen-bond donors (Lipinski definition) is 2. The topological polar surface area (TPSA) is 81.9 Å². The lowest BCUT2D eigenvalue weighted by Crippen LogP contribution is -2.12. The normalized spacial score (nSPS) is 12.9. The first-order valence-corrected chi connectivity index (χ1v) is 6.10. The van der Waals surface area contributed by atoms with E-state index in [0.29, 0.717) is 28.6 Å². The summed E-state index contributed by atoms with van der Waals surface area (Å²) in [6.45, 7) is 2.73. The second-order valence-electron chi connectivity index (χ2n) is 4.11. The molecule has 6 nitrogen and oxygen atoms in total. The molecule has 2 rings (SSSR count). The predicted octanol–water partition coefficient (Wildman–Crippen LogP) is 1.34. The molecule has 3 N–H and O–H groups in total. The highest BCUT2D eigenvalue weighted by molar-refractivity contribution is 6.31. The standard InChI is InChI=1S/C11H16ClN5O/c1-3-4-17-9(8(12)6-15-17)10(18)7-5-14-16(2)11(7)13/h5-6,10,18H,3-4,13H2,1-2H3. The Bertz CT molecular complexity index is 548. The van der Waals surface area contributed by atoms with Gasteiger partial charge in [-0.1, -0.05) is 18.5 Å². The highest BCUT2D eigenvalue weighted by atomic mass is 35.5. The number of aryl methyl sites for hydroxylation is 2. The van der Waals surface area contributed by atoms with E-state index in [1.54, 1.807) is 17.9 Å². The molecule has 2 aromatic heterocycles. The van der Waals surface area contributed by atoms with E-state index in [4.69, 9.17) is 17.3 Å². The van der Waals surface area contributed by atoms with Crippen LogP contribution in [0.1, 0.15) is 30.7 Å². The summed E-state index contributed by atoms with van der Waals surface area (Å²) in [5, 5.41) is 19.0. The molecular weight excluding hydrogens is 254 g/mol. The third-order valence-corrected chi connectivity index (χ3v) is 3.13. The van der Waals surface area contributed by atoms with Crippen molar-refractivity contribution in [2.75, 3.05) is 5.73 Å². The van der Waals surface area contributed by atoms with Crippen molar-refractivity contribution in [1.29, 1.82) is 0 Å². The number of aromatic nitrogens is 4. The Labute approximate surface area is 110 Å². The van der Waals surface area contributed by atoms with E-state index < -0.39 is 6.10 Å². The molecule has 7 heteroatoms. The first-order chi connectivity index (χ1) is 8.56. The minimum absolute atomic E-state index is 0.419.